The van der Waals surface area contributed by atoms with Gasteiger partial charge in [-0.2, -0.15) is 0 Å². The number of hydrogen-bond acceptors (Lipinski definition) is 4. The Morgan fingerprint density at radius 2 is 1.74 bits per heavy atom. The number of rotatable bonds is 8. The van der Waals surface area contributed by atoms with E-state index in [1.807, 2.05) is 38.1 Å². The van der Waals surface area contributed by atoms with Crippen LogP contribution in [0, 0.1) is 0 Å². The van der Waals surface area contributed by atoms with Gasteiger partial charge < -0.3 is 14.7 Å². The first-order valence-electron chi connectivity index (χ1n) is 10.6. The molecule has 5 nitrogen and oxygen atoms in total. The van der Waals surface area contributed by atoms with E-state index in [0.29, 0.717) is 25.1 Å². The zero-order chi connectivity index (χ0) is 22.5. The summed E-state index contributed by atoms with van der Waals surface area (Å²) in [5, 5.41) is 11.0. The van der Waals surface area contributed by atoms with Crippen LogP contribution in [0.2, 0.25) is 0 Å². The fraction of sp³-hybridized carbons (Fsp3) is 0.360. The molecule has 2 aromatic carbocycles. The Bertz CT molecular complexity index is 964. The summed E-state index contributed by atoms with van der Waals surface area (Å²) in [4.78, 5) is 27.5. The van der Waals surface area contributed by atoms with Crippen molar-refractivity contribution in [1.29, 1.82) is 0 Å². The number of carbonyl (C=O) groups excluding carboxylic acids is 2. The van der Waals surface area contributed by atoms with E-state index in [2.05, 4.69) is 22.9 Å². The van der Waals surface area contributed by atoms with E-state index >= 15 is 0 Å². The Balaban J connectivity index is 2.02. The lowest BCUT2D eigenvalue weighted by atomic mass is 9.94. The van der Waals surface area contributed by atoms with E-state index in [0.717, 1.165) is 16.5 Å². The van der Waals surface area contributed by atoms with Crippen LogP contribution in [-0.4, -0.2) is 41.0 Å². The van der Waals surface area contributed by atoms with Gasteiger partial charge in [-0.15, -0.1) is 0 Å². The van der Waals surface area contributed by atoms with Crippen LogP contribution in [0.1, 0.15) is 49.9 Å². The summed E-state index contributed by atoms with van der Waals surface area (Å²) in [5.41, 5.74) is 2.60. The summed E-state index contributed by atoms with van der Waals surface area (Å²) in [6, 6.07) is 14.3. The lowest BCUT2D eigenvalue weighted by Gasteiger charge is -2.25. The number of aliphatic hydroxyl groups excluding tert-OH is 1. The fourth-order valence-electron chi connectivity index (χ4n) is 3.71. The molecule has 6 heteroatoms. The van der Waals surface area contributed by atoms with Gasteiger partial charge in [-0.3, -0.25) is 9.59 Å². The summed E-state index contributed by atoms with van der Waals surface area (Å²) in [5.74, 6) is -1.40. The van der Waals surface area contributed by atoms with E-state index in [4.69, 9.17) is 4.74 Å². The minimum Gasteiger partial charge on any atom is -0.507 e. The topological polar surface area (TPSA) is 66.8 Å². The molecule has 3 rings (SSSR count). The maximum absolute atomic E-state index is 13.0. The molecule has 1 aliphatic rings. The molecule has 0 spiro atoms. The van der Waals surface area contributed by atoms with Crippen molar-refractivity contribution in [2.24, 2.45) is 0 Å². The number of ketones is 1. The smallest absolute Gasteiger partial charge is 0.295 e. The van der Waals surface area contributed by atoms with Crippen molar-refractivity contribution in [2.75, 3.05) is 13.2 Å². The highest BCUT2D eigenvalue weighted by Gasteiger charge is 2.45. The number of nitrogens with zero attached hydrogens (tertiary/aromatic N) is 1. The van der Waals surface area contributed by atoms with E-state index in [-0.39, 0.29) is 17.4 Å². The number of amides is 1. The van der Waals surface area contributed by atoms with Crippen LogP contribution < -0.4 is 0 Å². The predicted molar refractivity (Wildman–Crippen MR) is 125 cm³/mol. The number of halogens is 1. The van der Waals surface area contributed by atoms with Gasteiger partial charge in [-0.1, -0.05) is 59.3 Å². The summed E-state index contributed by atoms with van der Waals surface area (Å²) in [7, 11) is 0. The van der Waals surface area contributed by atoms with Gasteiger partial charge in [0.1, 0.15) is 5.76 Å². The highest BCUT2D eigenvalue weighted by molar-refractivity contribution is 9.10. The van der Waals surface area contributed by atoms with Gasteiger partial charge in [0.2, 0.25) is 0 Å². The van der Waals surface area contributed by atoms with Gasteiger partial charge in [-0.25, -0.2) is 0 Å². The molecule has 1 heterocycles. The van der Waals surface area contributed by atoms with Crippen LogP contribution in [0.4, 0.5) is 0 Å². The van der Waals surface area contributed by atoms with Crippen LogP contribution in [0.3, 0.4) is 0 Å². The maximum atomic E-state index is 13.0. The van der Waals surface area contributed by atoms with Gasteiger partial charge in [0.25, 0.3) is 11.7 Å². The molecule has 1 atom stereocenters. The van der Waals surface area contributed by atoms with E-state index < -0.39 is 17.7 Å². The molecule has 1 saturated heterocycles. The molecule has 0 saturated carbocycles. The molecule has 0 aliphatic carbocycles. The Hall–Kier alpha value is -2.44. The first kappa shape index (κ1) is 23.2. The predicted octanol–water partition coefficient (Wildman–Crippen LogP) is 5.25. The first-order chi connectivity index (χ1) is 14.8. The molecule has 164 valence electrons. The SMILES string of the molecule is CCc1ccc([C@H]2C(=C(O)c3ccc(Br)cc3)C(=O)C(=O)N2CCCOC(C)C)cc1. The molecule has 31 heavy (non-hydrogen) atoms. The number of likely N-dealkylation sites (tertiary alicyclic amines) is 1. The Morgan fingerprint density at radius 1 is 1.10 bits per heavy atom. The quantitative estimate of drug-likeness (QED) is 0.240. The number of carbonyl (C=O) groups is 2. The Kier molecular flexibility index (Phi) is 7.68. The number of benzene rings is 2. The number of ether oxygens (including phenoxy) is 1. The minimum atomic E-state index is -0.658. The molecule has 1 N–H and O–H groups in total. The third-order valence-corrected chi connectivity index (χ3v) is 5.88. The third-order valence-electron chi connectivity index (χ3n) is 5.36. The van der Waals surface area contributed by atoms with Crippen molar-refractivity contribution in [1.82, 2.24) is 4.90 Å². The molecule has 1 fully saturated rings. The van der Waals surface area contributed by atoms with Crippen LogP contribution in [0.15, 0.2) is 58.6 Å². The molecule has 0 aromatic heterocycles. The zero-order valence-corrected chi connectivity index (χ0v) is 19.7. The number of hydrogen-bond donors (Lipinski definition) is 1. The highest BCUT2D eigenvalue weighted by atomic mass is 79.9. The second-order valence-corrected chi connectivity index (χ2v) is 8.78. The van der Waals surface area contributed by atoms with Crippen LogP contribution in [0.25, 0.3) is 5.76 Å². The third kappa shape index (κ3) is 5.25. The van der Waals surface area contributed by atoms with Crippen molar-refractivity contribution < 1.29 is 19.4 Å². The molecular formula is C25H28BrNO4. The van der Waals surface area contributed by atoms with Crippen LogP contribution in [-0.2, 0) is 20.7 Å². The van der Waals surface area contributed by atoms with Gasteiger partial charge >= 0.3 is 0 Å². The molecular weight excluding hydrogens is 458 g/mol. The standard InChI is InChI=1S/C25H28BrNO4/c1-4-17-6-8-18(9-7-17)22-21(23(28)19-10-12-20(26)13-11-19)24(29)25(30)27(22)14-5-15-31-16(2)3/h6-13,16,22,28H,4-5,14-15H2,1-3H3/t22-/m0/s1. The highest BCUT2D eigenvalue weighted by Crippen LogP contribution is 2.39. The molecule has 1 amide bonds. The average Bonchev–Trinajstić information content (AvgIpc) is 3.01. The Labute approximate surface area is 191 Å². The minimum absolute atomic E-state index is 0.102. The van der Waals surface area contributed by atoms with Crippen molar-refractivity contribution in [3.05, 3.63) is 75.3 Å². The maximum Gasteiger partial charge on any atom is 0.295 e. The van der Waals surface area contributed by atoms with E-state index in [9.17, 15) is 14.7 Å². The van der Waals surface area contributed by atoms with E-state index in [1.54, 1.807) is 29.2 Å². The summed E-state index contributed by atoms with van der Waals surface area (Å²) >= 11 is 3.38. The fourth-order valence-corrected chi connectivity index (χ4v) is 3.97. The number of aliphatic hydroxyl groups is 1. The zero-order valence-electron chi connectivity index (χ0n) is 18.1. The van der Waals surface area contributed by atoms with Gasteiger partial charge in [0.05, 0.1) is 17.7 Å². The molecule has 0 radical (unpaired) electrons. The largest absolute Gasteiger partial charge is 0.507 e. The van der Waals surface area contributed by atoms with Crippen molar-refractivity contribution >= 4 is 33.4 Å². The van der Waals surface area contributed by atoms with Crippen molar-refractivity contribution in [2.45, 2.75) is 45.8 Å². The average molecular weight is 486 g/mol. The second kappa shape index (κ2) is 10.2. The number of aryl methyl sites for hydroxylation is 1. The summed E-state index contributed by atoms with van der Waals surface area (Å²) in [6.45, 7) is 6.85. The Morgan fingerprint density at radius 3 is 2.32 bits per heavy atom. The van der Waals surface area contributed by atoms with Gasteiger partial charge in [-0.05, 0) is 49.9 Å². The molecule has 0 unspecified atom stereocenters. The molecule has 2 aromatic rings. The summed E-state index contributed by atoms with van der Waals surface area (Å²) in [6.07, 6.45) is 1.60. The van der Waals surface area contributed by atoms with Crippen molar-refractivity contribution in [3.63, 3.8) is 0 Å². The van der Waals surface area contributed by atoms with Crippen LogP contribution in [0.5, 0.6) is 0 Å². The van der Waals surface area contributed by atoms with Gasteiger partial charge in [0, 0.05) is 23.2 Å². The first-order valence-corrected chi connectivity index (χ1v) is 11.4. The number of Topliss-reactive ketones (excluding diaryl/α,β-unsaturated/α-hetero) is 1. The lowest BCUT2D eigenvalue weighted by molar-refractivity contribution is -0.140. The lowest BCUT2D eigenvalue weighted by Crippen LogP contribution is -2.31. The molecule has 0 bridgehead atoms. The van der Waals surface area contributed by atoms with Crippen molar-refractivity contribution in [3.8, 4) is 0 Å². The molecule has 1 aliphatic heterocycles. The summed E-state index contributed by atoms with van der Waals surface area (Å²) < 4.78 is 6.46. The second-order valence-electron chi connectivity index (χ2n) is 7.87. The van der Waals surface area contributed by atoms with Gasteiger partial charge in [0.15, 0.2) is 0 Å². The normalized spacial score (nSPS) is 18.2. The van der Waals surface area contributed by atoms with Crippen LogP contribution >= 0.6 is 15.9 Å². The van der Waals surface area contributed by atoms with E-state index in [1.165, 1.54) is 5.56 Å². The monoisotopic (exact) mass is 485 g/mol.